The van der Waals surface area contributed by atoms with Gasteiger partial charge in [-0.05, 0) is 56.3 Å². The molecule has 3 aliphatic rings. The van der Waals surface area contributed by atoms with Gasteiger partial charge in [-0.15, -0.1) is 0 Å². The molecular formula is C24H37N3O2. The Morgan fingerprint density at radius 2 is 1.59 bits per heavy atom. The van der Waals surface area contributed by atoms with E-state index < -0.39 is 5.60 Å². The van der Waals surface area contributed by atoms with E-state index in [1.54, 1.807) is 0 Å². The van der Waals surface area contributed by atoms with Gasteiger partial charge in [-0.3, -0.25) is 4.79 Å². The van der Waals surface area contributed by atoms with Crippen LogP contribution < -0.4 is 4.90 Å². The van der Waals surface area contributed by atoms with Gasteiger partial charge in [0.1, 0.15) is 0 Å². The topological polar surface area (TPSA) is 47.0 Å². The van der Waals surface area contributed by atoms with Gasteiger partial charge in [0.25, 0.3) is 0 Å². The first-order chi connectivity index (χ1) is 13.9. The number of benzene rings is 1. The summed E-state index contributed by atoms with van der Waals surface area (Å²) in [6, 6.07) is 8.96. The lowest BCUT2D eigenvalue weighted by atomic mass is 9.71. The zero-order valence-corrected chi connectivity index (χ0v) is 18.2. The van der Waals surface area contributed by atoms with Gasteiger partial charge in [0.2, 0.25) is 5.91 Å². The standard InChI is InChI=1S/C24H37N3O2/c1-3-20-5-7-21(8-6-20)27-18-23(19-27)9-15-26(16-10-23)22(28)17-24(29)11-13-25(4-2)14-12-24/h5-8,29H,3-4,9-19H2,1-2H3. The molecule has 0 saturated carbocycles. The molecule has 1 aromatic carbocycles. The van der Waals surface area contributed by atoms with Gasteiger partial charge in [-0.25, -0.2) is 0 Å². The average Bonchev–Trinajstić information content (AvgIpc) is 2.72. The first kappa shape index (κ1) is 20.7. The highest BCUT2D eigenvalue weighted by atomic mass is 16.3. The lowest BCUT2D eigenvalue weighted by Crippen LogP contribution is -2.61. The Bertz CT molecular complexity index is 693. The van der Waals surface area contributed by atoms with Crippen molar-refractivity contribution in [3.63, 3.8) is 0 Å². The molecule has 0 aromatic heterocycles. The smallest absolute Gasteiger partial charge is 0.225 e. The molecule has 0 unspecified atom stereocenters. The average molecular weight is 400 g/mol. The predicted octanol–water partition coefficient (Wildman–Crippen LogP) is 2.91. The minimum absolute atomic E-state index is 0.152. The maximum absolute atomic E-state index is 12.8. The number of nitrogens with zero attached hydrogens (tertiary/aromatic N) is 3. The van der Waals surface area contributed by atoms with Gasteiger partial charge in [0.15, 0.2) is 0 Å². The molecule has 1 amide bonds. The van der Waals surface area contributed by atoms with E-state index in [1.165, 1.54) is 11.3 Å². The van der Waals surface area contributed by atoms with Gasteiger partial charge >= 0.3 is 0 Å². The van der Waals surface area contributed by atoms with Crippen molar-refractivity contribution in [2.75, 3.05) is 50.7 Å². The molecule has 5 nitrogen and oxygen atoms in total. The van der Waals surface area contributed by atoms with Crippen LogP contribution in [-0.4, -0.2) is 72.2 Å². The third-order valence-electron chi connectivity index (χ3n) is 7.65. The normalized spacial score (nSPS) is 23.8. The van der Waals surface area contributed by atoms with Crippen LogP contribution in [0.4, 0.5) is 5.69 Å². The zero-order valence-electron chi connectivity index (χ0n) is 18.2. The molecule has 3 saturated heterocycles. The maximum atomic E-state index is 12.8. The number of likely N-dealkylation sites (tertiary alicyclic amines) is 2. The first-order valence-corrected chi connectivity index (χ1v) is 11.5. The highest BCUT2D eigenvalue weighted by Gasteiger charge is 2.46. The summed E-state index contributed by atoms with van der Waals surface area (Å²) in [6.07, 6.45) is 4.99. The summed E-state index contributed by atoms with van der Waals surface area (Å²) < 4.78 is 0. The van der Waals surface area contributed by atoms with Crippen LogP contribution in [0.2, 0.25) is 0 Å². The molecule has 29 heavy (non-hydrogen) atoms. The number of aryl methyl sites for hydroxylation is 1. The van der Waals surface area contributed by atoms with Crippen molar-refractivity contribution >= 4 is 11.6 Å². The minimum atomic E-state index is -0.796. The Kier molecular flexibility index (Phi) is 5.90. The third-order valence-corrected chi connectivity index (χ3v) is 7.65. The summed E-state index contributed by atoms with van der Waals surface area (Å²) in [5, 5.41) is 10.9. The van der Waals surface area contributed by atoms with Gasteiger partial charge in [-0.2, -0.15) is 0 Å². The molecule has 0 atom stereocenters. The van der Waals surface area contributed by atoms with Crippen molar-refractivity contribution in [1.82, 2.24) is 9.80 Å². The summed E-state index contributed by atoms with van der Waals surface area (Å²) in [6.45, 7) is 11.1. The highest BCUT2D eigenvalue weighted by molar-refractivity contribution is 5.77. The molecule has 3 fully saturated rings. The molecule has 0 radical (unpaired) electrons. The van der Waals surface area contributed by atoms with E-state index in [-0.39, 0.29) is 5.91 Å². The van der Waals surface area contributed by atoms with Gasteiger partial charge in [0.05, 0.1) is 12.0 Å². The minimum Gasteiger partial charge on any atom is -0.389 e. The number of amides is 1. The van der Waals surface area contributed by atoms with E-state index in [4.69, 9.17) is 0 Å². The van der Waals surface area contributed by atoms with Gasteiger partial charge in [-0.1, -0.05) is 26.0 Å². The summed E-state index contributed by atoms with van der Waals surface area (Å²) in [4.78, 5) is 19.7. The fourth-order valence-electron chi connectivity index (χ4n) is 5.29. The van der Waals surface area contributed by atoms with Crippen LogP contribution in [0, 0.1) is 5.41 Å². The van der Waals surface area contributed by atoms with Crippen molar-refractivity contribution in [2.24, 2.45) is 5.41 Å². The van der Waals surface area contributed by atoms with E-state index in [2.05, 4.69) is 47.9 Å². The number of hydrogen-bond donors (Lipinski definition) is 1. The Hall–Kier alpha value is -1.59. The van der Waals surface area contributed by atoms with Crippen LogP contribution in [0.5, 0.6) is 0 Å². The van der Waals surface area contributed by atoms with Crippen LogP contribution in [-0.2, 0) is 11.2 Å². The van der Waals surface area contributed by atoms with E-state index in [0.29, 0.717) is 11.8 Å². The molecule has 3 heterocycles. The lowest BCUT2D eigenvalue weighted by Gasteiger charge is -2.55. The third kappa shape index (κ3) is 4.46. The second-order valence-corrected chi connectivity index (χ2v) is 9.59. The van der Waals surface area contributed by atoms with Crippen LogP contribution in [0.3, 0.4) is 0 Å². The van der Waals surface area contributed by atoms with Crippen molar-refractivity contribution in [3.05, 3.63) is 29.8 Å². The van der Waals surface area contributed by atoms with Crippen LogP contribution in [0.1, 0.15) is 51.5 Å². The maximum Gasteiger partial charge on any atom is 0.225 e. The SMILES string of the molecule is CCc1ccc(N2CC3(CCN(C(=O)CC4(O)CCN(CC)CC4)CC3)C2)cc1. The van der Waals surface area contributed by atoms with Gasteiger partial charge in [0, 0.05) is 50.4 Å². The summed E-state index contributed by atoms with van der Waals surface area (Å²) in [5.74, 6) is 0.152. The molecule has 4 rings (SSSR count). The molecule has 0 aliphatic carbocycles. The number of anilines is 1. The molecule has 3 aliphatic heterocycles. The lowest BCUT2D eigenvalue weighted by molar-refractivity contribution is -0.141. The number of carbonyl (C=O) groups is 1. The van der Waals surface area contributed by atoms with Crippen LogP contribution in [0.15, 0.2) is 24.3 Å². The Balaban J connectivity index is 1.24. The summed E-state index contributed by atoms with van der Waals surface area (Å²) in [7, 11) is 0. The monoisotopic (exact) mass is 399 g/mol. The Morgan fingerprint density at radius 1 is 0.966 bits per heavy atom. The molecular weight excluding hydrogens is 362 g/mol. The largest absolute Gasteiger partial charge is 0.389 e. The number of rotatable bonds is 5. The van der Waals surface area contributed by atoms with Crippen LogP contribution in [0.25, 0.3) is 0 Å². The Labute approximate surface area is 175 Å². The predicted molar refractivity (Wildman–Crippen MR) is 117 cm³/mol. The molecule has 1 spiro atoms. The quantitative estimate of drug-likeness (QED) is 0.827. The molecule has 1 aromatic rings. The summed E-state index contributed by atoms with van der Waals surface area (Å²) >= 11 is 0. The van der Waals surface area contributed by atoms with Crippen molar-refractivity contribution in [3.8, 4) is 0 Å². The second-order valence-electron chi connectivity index (χ2n) is 9.59. The molecule has 0 bridgehead atoms. The molecule has 160 valence electrons. The van der Waals surface area contributed by atoms with Crippen molar-refractivity contribution in [1.29, 1.82) is 0 Å². The van der Waals surface area contributed by atoms with Crippen molar-refractivity contribution in [2.45, 2.75) is 58.0 Å². The van der Waals surface area contributed by atoms with Gasteiger partial charge < -0.3 is 19.8 Å². The highest BCUT2D eigenvalue weighted by Crippen LogP contribution is 2.43. The number of piperidine rings is 2. The van der Waals surface area contributed by atoms with E-state index in [9.17, 15) is 9.90 Å². The van der Waals surface area contributed by atoms with E-state index >= 15 is 0 Å². The van der Waals surface area contributed by atoms with E-state index in [0.717, 1.165) is 77.9 Å². The summed E-state index contributed by atoms with van der Waals surface area (Å²) in [5.41, 5.74) is 2.30. The molecule has 5 heteroatoms. The van der Waals surface area contributed by atoms with E-state index in [1.807, 2.05) is 4.90 Å². The first-order valence-electron chi connectivity index (χ1n) is 11.5. The fourth-order valence-corrected chi connectivity index (χ4v) is 5.29. The zero-order chi connectivity index (χ0) is 20.5. The molecule has 1 N–H and O–H groups in total. The second kappa shape index (κ2) is 8.27. The van der Waals surface area contributed by atoms with Crippen molar-refractivity contribution < 1.29 is 9.90 Å². The number of aliphatic hydroxyl groups is 1. The Morgan fingerprint density at radius 3 is 2.14 bits per heavy atom. The number of hydrogen-bond acceptors (Lipinski definition) is 4. The number of carbonyl (C=O) groups excluding carboxylic acids is 1. The van der Waals surface area contributed by atoms with Crippen LogP contribution >= 0.6 is 0 Å². The fraction of sp³-hybridized carbons (Fsp3) is 0.708.